The van der Waals surface area contributed by atoms with Gasteiger partial charge in [0.05, 0.1) is 18.3 Å². The molecular weight excluding hydrogens is 302 g/mol. The van der Waals surface area contributed by atoms with Gasteiger partial charge in [0.25, 0.3) is 0 Å². The maximum Gasteiger partial charge on any atom is 0.410 e. The smallest absolute Gasteiger partial charge is 0.410 e. The fourth-order valence-electron chi connectivity index (χ4n) is 2.62. The minimum Gasteiger partial charge on any atom is -0.444 e. The molecule has 2 heterocycles. The molecule has 0 aromatic carbocycles. The second-order valence-corrected chi connectivity index (χ2v) is 8.09. The Balaban J connectivity index is 1.61. The highest BCUT2D eigenvalue weighted by atomic mass is 32.1. The average Bonchev–Trinajstić information content (AvgIpc) is 2.76. The molecule has 22 heavy (non-hydrogen) atoms. The van der Waals surface area contributed by atoms with Gasteiger partial charge in [-0.3, -0.25) is 0 Å². The van der Waals surface area contributed by atoms with Crippen LogP contribution in [0.1, 0.15) is 44.2 Å². The van der Waals surface area contributed by atoms with Crippen molar-refractivity contribution in [1.29, 1.82) is 0 Å². The summed E-state index contributed by atoms with van der Waals surface area (Å²) < 4.78 is 5.43. The number of thiazole rings is 1. The summed E-state index contributed by atoms with van der Waals surface area (Å²) in [5.74, 6) is 0. The Morgan fingerprint density at radius 1 is 1.45 bits per heavy atom. The van der Waals surface area contributed by atoms with Gasteiger partial charge in [0.1, 0.15) is 5.60 Å². The van der Waals surface area contributed by atoms with E-state index in [1.54, 1.807) is 16.2 Å². The lowest BCUT2D eigenvalue weighted by Gasteiger charge is -2.31. The lowest BCUT2D eigenvalue weighted by Crippen LogP contribution is -2.39. The van der Waals surface area contributed by atoms with E-state index in [1.165, 1.54) is 0 Å². The van der Waals surface area contributed by atoms with Gasteiger partial charge >= 0.3 is 6.09 Å². The van der Waals surface area contributed by atoms with E-state index in [0.717, 1.165) is 35.0 Å². The third kappa shape index (κ3) is 3.52. The van der Waals surface area contributed by atoms with Crippen LogP contribution in [0.25, 0.3) is 0 Å². The van der Waals surface area contributed by atoms with Gasteiger partial charge in [-0.2, -0.15) is 0 Å². The number of anilines is 1. The molecule has 122 valence electrons. The molecule has 1 fully saturated rings. The van der Waals surface area contributed by atoms with E-state index < -0.39 is 5.60 Å². The van der Waals surface area contributed by atoms with Gasteiger partial charge in [-0.1, -0.05) is 11.3 Å². The van der Waals surface area contributed by atoms with Gasteiger partial charge in [0.15, 0.2) is 5.13 Å². The number of fused-ring (bicyclic) bond motifs is 1. The fourth-order valence-corrected chi connectivity index (χ4v) is 3.72. The molecule has 0 saturated heterocycles. The Kier molecular flexibility index (Phi) is 4.03. The number of ether oxygens (including phenoxy) is 1. The molecule has 7 heteroatoms. The molecule has 2 N–H and O–H groups in total. The van der Waals surface area contributed by atoms with Crippen LogP contribution in [0.15, 0.2) is 0 Å². The number of amides is 1. The Hall–Kier alpha value is -1.34. The molecule has 6 nitrogen and oxygen atoms in total. The summed E-state index contributed by atoms with van der Waals surface area (Å²) in [5.41, 5.74) is 0.607. The number of nitrogens with zero attached hydrogens (tertiary/aromatic N) is 2. The Labute approximate surface area is 134 Å². The van der Waals surface area contributed by atoms with Gasteiger partial charge in [0.2, 0.25) is 0 Å². The van der Waals surface area contributed by atoms with Crippen molar-refractivity contribution >= 4 is 22.6 Å². The molecular formula is C15H23N3O3S. The molecule has 1 amide bonds. The van der Waals surface area contributed by atoms with E-state index in [2.05, 4.69) is 10.3 Å². The SMILES string of the molecule is CC(C)(C)OC(=O)N1CCc2nc(NC3CC(O)C3)sc2C1. The van der Waals surface area contributed by atoms with E-state index in [1.807, 2.05) is 20.8 Å². The first-order valence-corrected chi connectivity index (χ1v) is 8.53. The van der Waals surface area contributed by atoms with Crippen molar-refractivity contribution in [2.24, 2.45) is 0 Å². The van der Waals surface area contributed by atoms with Crippen molar-refractivity contribution in [3.8, 4) is 0 Å². The van der Waals surface area contributed by atoms with Crippen molar-refractivity contribution < 1.29 is 14.6 Å². The number of carbonyl (C=O) groups is 1. The van der Waals surface area contributed by atoms with Gasteiger partial charge in [-0.15, -0.1) is 0 Å². The molecule has 0 atom stereocenters. The summed E-state index contributed by atoms with van der Waals surface area (Å²) in [7, 11) is 0. The molecule has 3 rings (SSSR count). The van der Waals surface area contributed by atoms with Crippen LogP contribution in [0.4, 0.5) is 9.93 Å². The van der Waals surface area contributed by atoms with Gasteiger partial charge in [-0.05, 0) is 33.6 Å². The van der Waals surface area contributed by atoms with Crippen LogP contribution in [0.5, 0.6) is 0 Å². The first kappa shape index (κ1) is 15.6. The topological polar surface area (TPSA) is 74.7 Å². The van der Waals surface area contributed by atoms with Crippen LogP contribution in [0.2, 0.25) is 0 Å². The maximum absolute atomic E-state index is 12.1. The molecule has 0 unspecified atom stereocenters. The van der Waals surface area contributed by atoms with E-state index >= 15 is 0 Å². The fraction of sp³-hybridized carbons (Fsp3) is 0.733. The molecule has 2 aliphatic rings. The number of carbonyl (C=O) groups excluding carboxylic acids is 1. The molecule has 1 aromatic rings. The van der Waals surface area contributed by atoms with Gasteiger partial charge in [0, 0.05) is 23.9 Å². The van der Waals surface area contributed by atoms with Crippen molar-refractivity contribution in [2.75, 3.05) is 11.9 Å². The summed E-state index contributed by atoms with van der Waals surface area (Å²) in [6.07, 6.45) is 1.90. The minimum absolute atomic E-state index is 0.172. The normalized spacial score (nSPS) is 24.5. The summed E-state index contributed by atoms with van der Waals surface area (Å²) >= 11 is 1.60. The Morgan fingerprint density at radius 3 is 2.82 bits per heavy atom. The van der Waals surface area contributed by atoms with Crippen molar-refractivity contribution in [3.63, 3.8) is 0 Å². The monoisotopic (exact) mass is 325 g/mol. The van der Waals surface area contributed by atoms with Crippen LogP contribution in [0, 0.1) is 0 Å². The van der Waals surface area contributed by atoms with E-state index in [0.29, 0.717) is 19.1 Å². The zero-order chi connectivity index (χ0) is 15.9. The number of aliphatic hydroxyl groups is 1. The number of aromatic nitrogens is 1. The lowest BCUT2D eigenvalue weighted by atomic mass is 9.90. The summed E-state index contributed by atoms with van der Waals surface area (Å²) in [6, 6.07) is 0.324. The van der Waals surface area contributed by atoms with Crippen LogP contribution >= 0.6 is 11.3 Å². The molecule has 1 aliphatic heterocycles. The number of hydrogen-bond acceptors (Lipinski definition) is 6. The predicted octanol–water partition coefficient (Wildman–Crippen LogP) is 2.37. The standard InChI is InChI=1S/C15H23N3O3S/c1-15(2,3)21-14(20)18-5-4-11-12(8-18)22-13(17-11)16-9-6-10(19)7-9/h9-10,19H,4-8H2,1-3H3,(H,16,17). The second kappa shape index (κ2) is 5.70. The minimum atomic E-state index is -0.469. The quantitative estimate of drug-likeness (QED) is 0.873. The first-order valence-electron chi connectivity index (χ1n) is 7.71. The largest absolute Gasteiger partial charge is 0.444 e. The Bertz CT molecular complexity index is 561. The van der Waals surface area contributed by atoms with Crippen molar-refractivity contribution in [2.45, 2.75) is 64.3 Å². The molecule has 0 bridgehead atoms. The molecule has 1 aromatic heterocycles. The third-order valence-corrected chi connectivity index (χ3v) is 4.84. The van der Waals surface area contributed by atoms with Gasteiger partial charge < -0.3 is 20.1 Å². The average molecular weight is 325 g/mol. The molecule has 1 aliphatic carbocycles. The van der Waals surface area contributed by atoms with Crippen molar-refractivity contribution in [3.05, 3.63) is 10.6 Å². The van der Waals surface area contributed by atoms with E-state index in [4.69, 9.17) is 4.74 Å². The van der Waals surface area contributed by atoms with Crippen LogP contribution in [-0.4, -0.2) is 45.4 Å². The number of nitrogens with one attached hydrogen (secondary N) is 1. The highest BCUT2D eigenvalue weighted by Gasteiger charge is 2.30. The molecule has 1 saturated carbocycles. The summed E-state index contributed by atoms with van der Waals surface area (Å²) in [5, 5.41) is 13.6. The highest BCUT2D eigenvalue weighted by molar-refractivity contribution is 7.15. The van der Waals surface area contributed by atoms with E-state index in [9.17, 15) is 9.90 Å². The summed E-state index contributed by atoms with van der Waals surface area (Å²) in [4.78, 5) is 19.6. The maximum atomic E-state index is 12.1. The third-order valence-electron chi connectivity index (χ3n) is 3.82. The highest BCUT2D eigenvalue weighted by Crippen LogP contribution is 2.32. The zero-order valence-electron chi connectivity index (χ0n) is 13.3. The first-order chi connectivity index (χ1) is 10.3. The lowest BCUT2D eigenvalue weighted by molar-refractivity contribution is 0.0225. The second-order valence-electron chi connectivity index (χ2n) is 7.01. The Morgan fingerprint density at radius 2 is 2.18 bits per heavy atom. The molecule has 0 spiro atoms. The van der Waals surface area contributed by atoms with Gasteiger partial charge in [-0.25, -0.2) is 9.78 Å². The summed E-state index contributed by atoms with van der Waals surface area (Å²) in [6.45, 7) is 6.84. The van der Waals surface area contributed by atoms with Crippen LogP contribution in [-0.2, 0) is 17.7 Å². The zero-order valence-corrected chi connectivity index (χ0v) is 14.1. The number of rotatable bonds is 2. The predicted molar refractivity (Wildman–Crippen MR) is 85.1 cm³/mol. The number of hydrogen-bond donors (Lipinski definition) is 2. The molecule has 0 radical (unpaired) electrons. The van der Waals surface area contributed by atoms with Crippen LogP contribution in [0.3, 0.4) is 0 Å². The van der Waals surface area contributed by atoms with Crippen LogP contribution < -0.4 is 5.32 Å². The van der Waals surface area contributed by atoms with E-state index in [-0.39, 0.29) is 12.2 Å². The van der Waals surface area contributed by atoms with Crippen molar-refractivity contribution in [1.82, 2.24) is 9.88 Å². The number of aliphatic hydroxyl groups excluding tert-OH is 1.